The van der Waals surface area contributed by atoms with Gasteiger partial charge in [-0.15, -0.1) is 0 Å². The highest BCUT2D eigenvalue weighted by Gasteiger charge is 2.01. The number of halogens is 1. The van der Waals surface area contributed by atoms with Crippen LogP contribution in [0.4, 0.5) is 0 Å². The minimum atomic E-state index is -0.385. The van der Waals surface area contributed by atoms with Crippen LogP contribution in [0, 0.1) is 0 Å². The fourth-order valence-electron chi connectivity index (χ4n) is 1.18. The summed E-state index contributed by atoms with van der Waals surface area (Å²) in [5.74, 6) is 0.273. The van der Waals surface area contributed by atoms with Crippen LogP contribution < -0.4 is 4.74 Å². The van der Waals surface area contributed by atoms with Crippen molar-refractivity contribution in [3.05, 3.63) is 34.9 Å². The highest BCUT2D eigenvalue weighted by Crippen LogP contribution is 2.23. The van der Waals surface area contributed by atoms with Gasteiger partial charge in [0.25, 0.3) is 0 Å². The van der Waals surface area contributed by atoms with E-state index in [-0.39, 0.29) is 5.97 Å². The van der Waals surface area contributed by atoms with Gasteiger partial charge >= 0.3 is 5.97 Å². The Hall–Kier alpha value is -1.48. The number of rotatable bonds is 4. The molecule has 0 aliphatic rings. The minimum absolute atomic E-state index is 0.357. The molecule has 0 radical (unpaired) electrons. The number of hydrogen-bond donors (Lipinski definition) is 0. The first-order valence-electron chi connectivity index (χ1n) is 4.85. The standard InChI is InChI=1S/C12H13ClO3/c1-3-16-12(14)7-4-9-8-10(13)5-6-11(9)15-2/h4-8H,3H2,1-2H3. The molecule has 0 amide bonds. The van der Waals surface area contributed by atoms with Crippen molar-refractivity contribution < 1.29 is 14.3 Å². The molecule has 0 aliphatic heterocycles. The molecule has 1 rings (SSSR count). The second kappa shape index (κ2) is 6.18. The summed E-state index contributed by atoms with van der Waals surface area (Å²) in [4.78, 5) is 11.1. The van der Waals surface area contributed by atoms with Crippen LogP contribution in [-0.4, -0.2) is 19.7 Å². The Labute approximate surface area is 99.6 Å². The lowest BCUT2D eigenvalue weighted by molar-refractivity contribution is -0.137. The Balaban J connectivity index is 2.86. The Morgan fingerprint density at radius 2 is 2.25 bits per heavy atom. The maximum absolute atomic E-state index is 11.1. The van der Waals surface area contributed by atoms with Crippen molar-refractivity contribution in [2.75, 3.05) is 13.7 Å². The molecule has 0 saturated heterocycles. The van der Waals surface area contributed by atoms with Crippen molar-refractivity contribution in [3.8, 4) is 5.75 Å². The van der Waals surface area contributed by atoms with Crippen molar-refractivity contribution in [1.29, 1.82) is 0 Å². The van der Waals surface area contributed by atoms with E-state index >= 15 is 0 Å². The van der Waals surface area contributed by atoms with Crippen molar-refractivity contribution in [2.24, 2.45) is 0 Å². The molecule has 0 fully saturated rings. The number of esters is 1. The summed E-state index contributed by atoms with van der Waals surface area (Å²) in [6.07, 6.45) is 2.96. The van der Waals surface area contributed by atoms with Crippen molar-refractivity contribution >= 4 is 23.6 Å². The van der Waals surface area contributed by atoms with Gasteiger partial charge in [-0.2, -0.15) is 0 Å². The number of benzene rings is 1. The van der Waals surface area contributed by atoms with Gasteiger partial charge in [0.2, 0.25) is 0 Å². The maximum Gasteiger partial charge on any atom is 0.330 e. The molecule has 0 atom stereocenters. The lowest BCUT2D eigenvalue weighted by Gasteiger charge is -2.04. The molecule has 0 bridgehead atoms. The van der Waals surface area contributed by atoms with Crippen LogP contribution in [0.2, 0.25) is 5.02 Å². The summed E-state index contributed by atoms with van der Waals surface area (Å²) in [6.45, 7) is 2.11. The number of hydrogen-bond acceptors (Lipinski definition) is 3. The van der Waals surface area contributed by atoms with E-state index < -0.39 is 0 Å². The van der Waals surface area contributed by atoms with E-state index in [1.54, 1.807) is 38.3 Å². The molecule has 1 aromatic carbocycles. The molecule has 86 valence electrons. The summed E-state index contributed by atoms with van der Waals surface area (Å²) in [7, 11) is 1.56. The SMILES string of the molecule is CCOC(=O)C=Cc1cc(Cl)ccc1OC. The van der Waals surface area contributed by atoms with Crippen LogP contribution in [-0.2, 0) is 9.53 Å². The van der Waals surface area contributed by atoms with Crippen LogP contribution >= 0.6 is 11.6 Å². The van der Waals surface area contributed by atoms with E-state index in [1.807, 2.05) is 0 Å². The van der Waals surface area contributed by atoms with E-state index in [2.05, 4.69) is 0 Å². The van der Waals surface area contributed by atoms with E-state index in [4.69, 9.17) is 21.1 Å². The largest absolute Gasteiger partial charge is 0.496 e. The van der Waals surface area contributed by atoms with Gasteiger partial charge in [0.15, 0.2) is 0 Å². The third kappa shape index (κ3) is 3.59. The summed E-state index contributed by atoms with van der Waals surface area (Å²) in [5.41, 5.74) is 0.739. The van der Waals surface area contributed by atoms with Crippen LogP contribution in [0.1, 0.15) is 12.5 Å². The Kier molecular flexibility index (Phi) is 4.86. The third-order valence-electron chi connectivity index (χ3n) is 1.88. The van der Waals surface area contributed by atoms with E-state index in [0.29, 0.717) is 17.4 Å². The summed E-state index contributed by atoms with van der Waals surface area (Å²) >= 11 is 5.84. The van der Waals surface area contributed by atoms with Crippen LogP contribution in [0.25, 0.3) is 6.08 Å². The van der Waals surface area contributed by atoms with Gasteiger partial charge in [0.1, 0.15) is 5.75 Å². The number of ether oxygens (including phenoxy) is 2. The molecule has 1 aromatic rings. The molecule has 0 aromatic heterocycles. The van der Waals surface area contributed by atoms with Gasteiger partial charge in [0.05, 0.1) is 13.7 Å². The molecular weight excluding hydrogens is 228 g/mol. The zero-order valence-electron chi connectivity index (χ0n) is 9.20. The van der Waals surface area contributed by atoms with Crippen molar-refractivity contribution in [1.82, 2.24) is 0 Å². The maximum atomic E-state index is 11.1. The average Bonchev–Trinajstić information content (AvgIpc) is 2.27. The Morgan fingerprint density at radius 3 is 2.88 bits per heavy atom. The molecule has 0 unspecified atom stereocenters. The molecule has 0 aliphatic carbocycles. The first-order chi connectivity index (χ1) is 7.67. The van der Waals surface area contributed by atoms with E-state index in [0.717, 1.165) is 5.56 Å². The van der Waals surface area contributed by atoms with Gasteiger partial charge in [-0.3, -0.25) is 0 Å². The smallest absolute Gasteiger partial charge is 0.330 e. The average molecular weight is 241 g/mol. The van der Waals surface area contributed by atoms with E-state index in [9.17, 15) is 4.79 Å². The molecule has 0 heterocycles. The highest BCUT2D eigenvalue weighted by molar-refractivity contribution is 6.30. The molecule has 0 N–H and O–H groups in total. The zero-order valence-corrected chi connectivity index (χ0v) is 9.95. The van der Waals surface area contributed by atoms with Crippen LogP contribution in [0.15, 0.2) is 24.3 Å². The van der Waals surface area contributed by atoms with Gasteiger partial charge in [0, 0.05) is 16.7 Å². The topological polar surface area (TPSA) is 35.5 Å². The molecule has 0 saturated carbocycles. The third-order valence-corrected chi connectivity index (χ3v) is 2.11. The lowest BCUT2D eigenvalue weighted by atomic mass is 10.2. The molecular formula is C12H13ClO3. The second-order valence-electron chi connectivity index (χ2n) is 2.97. The predicted octanol–water partition coefficient (Wildman–Crippen LogP) is 2.92. The van der Waals surface area contributed by atoms with Crippen molar-refractivity contribution in [3.63, 3.8) is 0 Å². The molecule has 4 heteroatoms. The highest BCUT2D eigenvalue weighted by atomic mass is 35.5. The lowest BCUT2D eigenvalue weighted by Crippen LogP contribution is -1.98. The Bertz CT molecular complexity index is 399. The fraction of sp³-hybridized carbons (Fsp3) is 0.250. The second-order valence-corrected chi connectivity index (χ2v) is 3.41. The number of methoxy groups -OCH3 is 1. The predicted molar refractivity (Wildman–Crippen MR) is 63.7 cm³/mol. The first kappa shape index (κ1) is 12.6. The zero-order chi connectivity index (χ0) is 12.0. The minimum Gasteiger partial charge on any atom is -0.496 e. The van der Waals surface area contributed by atoms with Gasteiger partial charge in [-0.05, 0) is 31.2 Å². The normalized spacial score (nSPS) is 10.4. The summed E-state index contributed by atoms with van der Waals surface area (Å²) < 4.78 is 9.90. The van der Waals surface area contributed by atoms with Crippen molar-refractivity contribution in [2.45, 2.75) is 6.92 Å². The van der Waals surface area contributed by atoms with Gasteiger partial charge in [-0.25, -0.2) is 4.79 Å². The van der Waals surface area contributed by atoms with Crippen LogP contribution in [0.5, 0.6) is 5.75 Å². The van der Waals surface area contributed by atoms with Gasteiger partial charge in [-0.1, -0.05) is 11.6 Å². The molecule has 3 nitrogen and oxygen atoms in total. The molecule has 16 heavy (non-hydrogen) atoms. The number of carbonyl (C=O) groups excluding carboxylic acids is 1. The quantitative estimate of drug-likeness (QED) is 0.600. The Morgan fingerprint density at radius 1 is 1.50 bits per heavy atom. The summed E-state index contributed by atoms with van der Waals surface area (Å²) in [5, 5.41) is 0.587. The summed E-state index contributed by atoms with van der Waals surface area (Å²) in [6, 6.07) is 5.19. The monoisotopic (exact) mass is 240 g/mol. The van der Waals surface area contributed by atoms with Gasteiger partial charge < -0.3 is 9.47 Å². The molecule has 0 spiro atoms. The first-order valence-corrected chi connectivity index (χ1v) is 5.23. The van der Waals surface area contributed by atoms with Crippen LogP contribution in [0.3, 0.4) is 0 Å². The number of carbonyl (C=O) groups is 1. The van der Waals surface area contributed by atoms with E-state index in [1.165, 1.54) is 6.08 Å². The fourth-order valence-corrected chi connectivity index (χ4v) is 1.36.